The molecule has 0 aromatic heterocycles. The normalized spacial score (nSPS) is 13.4. The van der Waals surface area contributed by atoms with E-state index in [-0.39, 0.29) is 0 Å². The fourth-order valence-electron chi connectivity index (χ4n) is 7.38. The summed E-state index contributed by atoms with van der Waals surface area (Å²) >= 11 is 0. The Kier molecular flexibility index (Phi) is 4.54. The van der Waals surface area contributed by atoms with Gasteiger partial charge in [0.2, 0.25) is 0 Å². The second-order valence-corrected chi connectivity index (χ2v) is 11.1. The maximum absolute atomic E-state index is 2.46. The molecule has 0 amide bonds. The van der Waals surface area contributed by atoms with Gasteiger partial charge in [0.05, 0.1) is 0 Å². The molecule has 0 N–H and O–H groups in total. The highest BCUT2D eigenvalue weighted by Crippen LogP contribution is 2.47. The molecular formula is C40H26. The first-order chi connectivity index (χ1) is 19.9. The van der Waals surface area contributed by atoms with Gasteiger partial charge in [-0.15, -0.1) is 0 Å². The topological polar surface area (TPSA) is 0 Å². The van der Waals surface area contributed by atoms with Crippen molar-refractivity contribution in [1.29, 1.82) is 0 Å². The SMILES string of the molecule is C1=C(c2c3ccccc3c(-c3ccc4ccc5cccc6ccc3c4c56)c3ccccc23)c2ccccc2CC1. The minimum absolute atomic E-state index is 1.08. The van der Waals surface area contributed by atoms with E-state index in [4.69, 9.17) is 0 Å². The number of aryl methyl sites for hydroxylation is 1. The number of fused-ring (bicyclic) bond motifs is 3. The van der Waals surface area contributed by atoms with Gasteiger partial charge in [0.25, 0.3) is 0 Å². The van der Waals surface area contributed by atoms with E-state index in [9.17, 15) is 0 Å². The number of benzene rings is 8. The van der Waals surface area contributed by atoms with Crippen LogP contribution >= 0.6 is 0 Å². The quantitative estimate of drug-likeness (QED) is 0.162. The molecule has 0 radical (unpaired) electrons. The summed E-state index contributed by atoms with van der Waals surface area (Å²) in [6, 6.07) is 47.6. The van der Waals surface area contributed by atoms with Crippen molar-refractivity contribution in [3.05, 3.63) is 150 Å². The monoisotopic (exact) mass is 506 g/mol. The molecule has 0 heterocycles. The smallest absolute Gasteiger partial charge is 0.00201 e. The fraction of sp³-hybridized carbons (Fsp3) is 0.0500. The van der Waals surface area contributed by atoms with Gasteiger partial charge in [-0.1, -0.05) is 133 Å². The van der Waals surface area contributed by atoms with Crippen LogP contribution in [0.1, 0.15) is 23.1 Å². The average Bonchev–Trinajstić information content (AvgIpc) is 3.02. The molecule has 0 nitrogen and oxygen atoms in total. The number of hydrogen-bond acceptors (Lipinski definition) is 0. The molecule has 0 fully saturated rings. The van der Waals surface area contributed by atoms with Crippen LogP contribution < -0.4 is 0 Å². The highest BCUT2D eigenvalue weighted by atomic mass is 14.3. The van der Waals surface area contributed by atoms with Gasteiger partial charge in [-0.25, -0.2) is 0 Å². The molecular weight excluding hydrogens is 480 g/mol. The Labute approximate surface area is 233 Å². The summed E-state index contributed by atoms with van der Waals surface area (Å²) in [6.07, 6.45) is 4.65. The van der Waals surface area contributed by atoms with E-state index in [0.717, 1.165) is 12.8 Å². The zero-order valence-corrected chi connectivity index (χ0v) is 22.1. The summed E-state index contributed by atoms with van der Waals surface area (Å²) in [4.78, 5) is 0. The molecule has 0 spiro atoms. The molecule has 0 aliphatic heterocycles. The lowest BCUT2D eigenvalue weighted by atomic mass is 9.80. The van der Waals surface area contributed by atoms with Crippen LogP contribution in [-0.2, 0) is 6.42 Å². The molecule has 0 atom stereocenters. The minimum Gasteiger partial charge on any atom is -0.0757 e. The molecule has 0 heteroatoms. The third-order valence-electron chi connectivity index (χ3n) is 9.07. The van der Waals surface area contributed by atoms with Crippen LogP contribution in [0.15, 0.2) is 133 Å². The zero-order valence-electron chi connectivity index (χ0n) is 22.1. The molecule has 1 aliphatic rings. The maximum atomic E-state index is 2.46. The van der Waals surface area contributed by atoms with Crippen molar-refractivity contribution < 1.29 is 0 Å². The fourth-order valence-corrected chi connectivity index (χ4v) is 7.38. The molecule has 0 unspecified atom stereocenters. The van der Waals surface area contributed by atoms with E-state index in [1.165, 1.54) is 87.3 Å². The molecule has 8 aromatic carbocycles. The highest BCUT2D eigenvalue weighted by Gasteiger charge is 2.22. The van der Waals surface area contributed by atoms with Crippen molar-refractivity contribution in [1.82, 2.24) is 0 Å². The Balaban J connectivity index is 1.44. The van der Waals surface area contributed by atoms with Crippen molar-refractivity contribution in [3.8, 4) is 11.1 Å². The summed E-state index contributed by atoms with van der Waals surface area (Å²) in [5.74, 6) is 0. The summed E-state index contributed by atoms with van der Waals surface area (Å²) in [5.41, 5.74) is 8.19. The molecule has 40 heavy (non-hydrogen) atoms. The zero-order chi connectivity index (χ0) is 26.2. The van der Waals surface area contributed by atoms with Crippen LogP contribution in [0.4, 0.5) is 0 Å². The van der Waals surface area contributed by atoms with Gasteiger partial charge < -0.3 is 0 Å². The van der Waals surface area contributed by atoms with Crippen LogP contribution in [0.5, 0.6) is 0 Å². The van der Waals surface area contributed by atoms with E-state index < -0.39 is 0 Å². The summed E-state index contributed by atoms with van der Waals surface area (Å²) in [6.45, 7) is 0. The van der Waals surface area contributed by atoms with Gasteiger partial charge >= 0.3 is 0 Å². The second-order valence-electron chi connectivity index (χ2n) is 11.1. The molecule has 8 aromatic rings. The van der Waals surface area contributed by atoms with Crippen molar-refractivity contribution in [2.75, 3.05) is 0 Å². The van der Waals surface area contributed by atoms with Crippen LogP contribution in [0.25, 0.3) is 70.6 Å². The largest absolute Gasteiger partial charge is 0.0757 e. The van der Waals surface area contributed by atoms with Crippen molar-refractivity contribution >= 4 is 59.4 Å². The van der Waals surface area contributed by atoms with E-state index in [1.807, 2.05) is 0 Å². The van der Waals surface area contributed by atoms with Gasteiger partial charge in [0.15, 0.2) is 0 Å². The molecule has 0 saturated heterocycles. The third kappa shape index (κ3) is 2.96. The van der Waals surface area contributed by atoms with Crippen LogP contribution in [0.3, 0.4) is 0 Å². The van der Waals surface area contributed by atoms with Crippen LogP contribution in [0.2, 0.25) is 0 Å². The van der Waals surface area contributed by atoms with E-state index >= 15 is 0 Å². The third-order valence-corrected chi connectivity index (χ3v) is 9.07. The van der Waals surface area contributed by atoms with Gasteiger partial charge in [0.1, 0.15) is 0 Å². The lowest BCUT2D eigenvalue weighted by Gasteiger charge is -2.24. The standard InChI is InChI=1S/C40H26/c1-2-13-29-25(9-1)10-8-18-30(29)39-31-14-3-5-16-33(31)40(34-17-6-4-15-32(34)39)36-24-22-28-20-19-26-11-7-12-27-21-23-35(36)38(28)37(26)27/h1-7,9,11-24H,8,10H2. The maximum Gasteiger partial charge on any atom is -0.00201 e. The van der Waals surface area contributed by atoms with Gasteiger partial charge in [-0.2, -0.15) is 0 Å². The van der Waals surface area contributed by atoms with E-state index in [1.54, 1.807) is 0 Å². The average molecular weight is 507 g/mol. The Morgan fingerprint density at radius 1 is 0.375 bits per heavy atom. The van der Waals surface area contributed by atoms with E-state index in [0.29, 0.717) is 0 Å². The molecule has 9 rings (SSSR count). The summed E-state index contributed by atoms with van der Waals surface area (Å²) in [5, 5.41) is 13.3. The molecule has 0 bridgehead atoms. The Bertz CT molecular complexity index is 2240. The van der Waals surface area contributed by atoms with Gasteiger partial charge in [-0.05, 0) is 100 Å². The van der Waals surface area contributed by atoms with Crippen molar-refractivity contribution in [3.63, 3.8) is 0 Å². The highest BCUT2D eigenvalue weighted by molar-refractivity contribution is 6.29. The number of rotatable bonds is 2. The van der Waals surface area contributed by atoms with Gasteiger partial charge in [-0.3, -0.25) is 0 Å². The van der Waals surface area contributed by atoms with Crippen molar-refractivity contribution in [2.45, 2.75) is 12.8 Å². The molecule has 0 saturated carbocycles. The first kappa shape index (κ1) is 21.9. The lowest BCUT2D eigenvalue weighted by molar-refractivity contribution is 0.978. The minimum atomic E-state index is 1.08. The number of hydrogen-bond donors (Lipinski definition) is 0. The summed E-state index contributed by atoms with van der Waals surface area (Å²) < 4.78 is 0. The molecule has 1 aliphatic carbocycles. The Morgan fingerprint density at radius 2 is 0.950 bits per heavy atom. The first-order valence-electron chi connectivity index (χ1n) is 14.3. The van der Waals surface area contributed by atoms with Crippen molar-refractivity contribution in [2.24, 2.45) is 0 Å². The Morgan fingerprint density at radius 3 is 1.68 bits per heavy atom. The second kappa shape index (κ2) is 8.28. The summed E-state index contributed by atoms with van der Waals surface area (Å²) in [7, 11) is 0. The van der Waals surface area contributed by atoms with Crippen LogP contribution in [-0.4, -0.2) is 0 Å². The van der Waals surface area contributed by atoms with Crippen LogP contribution in [0, 0.1) is 0 Å². The predicted molar refractivity (Wildman–Crippen MR) is 172 cm³/mol. The molecule has 186 valence electrons. The lowest BCUT2D eigenvalue weighted by Crippen LogP contribution is -2.02. The predicted octanol–water partition coefficient (Wildman–Crippen LogP) is 10.9. The first-order valence-corrected chi connectivity index (χ1v) is 14.3. The number of allylic oxidation sites excluding steroid dienone is 1. The van der Waals surface area contributed by atoms with Gasteiger partial charge in [0, 0.05) is 0 Å². The van der Waals surface area contributed by atoms with E-state index in [2.05, 4.69) is 133 Å². The Hall–Kier alpha value is -4.94.